The fourth-order valence-corrected chi connectivity index (χ4v) is 3.35. The number of benzene rings is 1. The number of para-hydroxylation sites is 1. The number of aryl methyl sites for hydroxylation is 1. The summed E-state index contributed by atoms with van der Waals surface area (Å²) in [6, 6.07) is 6.72. The molecular weight excluding hydrogens is 292 g/mol. The van der Waals surface area contributed by atoms with Gasteiger partial charge in [-0.1, -0.05) is 29.8 Å². The molecule has 0 spiro atoms. The van der Waals surface area contributed by atoms with Gasteiger partial charge in [0.05, 0.1) is 5.02 Å². The molecule has 2 heterocycles. The molecule has 1 aliphatic heterocycles. The Morgan fingerprint density at radius 3 is 2.71 bits per heavy atom. The van der Waals surface area contributed by atoms with Crippen LogP contribution in [0.4, 0.5) is 0 Å². The number of carboxylic acid groups (broad SMARTS) is 1. The Morgan fingerprint density at radius 1 is 1.33 bits per heavy atom. The second-order valence-corrected chi connectivity index (χ2v) is 5.61. The van der Waals surface area contributed by atoms with E-state index in [4.69, 9.17) is 11.6 Å². The van der Waals surface area contributed by atoms with Crippen molar-refractivity contribution in [1.82, 2.24) is 9.47 Å². The van der Waals surface area contributed by atoms with Crippen LogP contribution >= 0.6 is 11.6 Å². The van der Waals surface area contributed by atoms with Crippen LogP contribution in [0, 0.1) is 0 Å². The molecule has 0 aliphatic carbocycles. The maximum atomic E-state index is 12.7. The Labute approximate surface area is 126 Å². The number of carbonyl (C=O) groups excluding carboxylic acids is 1. The molecule has 0 bridgehead atoms. The van der Waals surface area contributed by atoms with Crippen LogP contribution in [0.2, 0.25) is 5.02 Å². The first-order valence-corrected chi connectivity index (χ1v) is 7.17. The zero-order chi connectivity index (χ0) is 15.1. The number of nitrogens with zero attached hydrogens (tertiary/aromatic N) is 2. The molecule has 1 aliphatic rings. The summed E-state index contributed by atoms with van der Waals surface area (Å²) in [5.74, 6) is -1.28. The number of halogens is 1. The van der Waals surface area contributed by atoms with Crippen molar-refractivity contribution in [3.63, 3.8) is 0 Å². The number of carbonyl (C=O) groups is 2. The highest BCUT2D eigenvalue weighted by atomic mass is 35.5. The van der Waals surface area contributed by atoms with Crippen molar-refractivity contribution in [2.24, 2.45) is 7.05 Å². The van der Waals surface area contributed by atoms with E-state index in [-0.39, 0.29) is 5.91 Å². The summed E-state index contributed by atoms with van der Waals surface area (Å²) < 4.78 is 1.73. The molecule has 1 fully saturated rings. The van der Waals surface area contributed by atoms with Crippen molar-refractivity contribution >= 4 is 34.4 Å². The third kappa shape index (κ3) is 2.08. The highest BCUT2D eigenvalue weighted by molar-refractivity contribution is 6.38. The monoisotopic (exact) mass is 306 g/mol. The maximum absolute atomic E-state index is 12.7. The van der Waals surface area contributed by atoms with Gasteiger partial charge in [0, 0.05) is 24.5 Å². The normalized spacial score (nSPS) is 18.4. The maximum Gasteiger partial charge on any atom is 0.326 e. The van der Waals surface area contributed by atoms with Crippen LogP contribution in [0.1, 0.15) is 23.3 Å². The van der Waals surface area contributed by atoms with E-state index in [2.05, 4.69) is 0 Å². The van der Waals surface area contributed by atoms with Gasteiger partial charge in [0.1, 0.15) is 11.7 Å². The van der Waals surface area contributed by atoms with E-state index in [1.165, 1.54) is 4.90 Å². The first-order chi connectivity index (χ1) is 10.0. The number of hydrogen-bond donors (Lipinski definition) is 1. The van der Waals surface area contributed by atoms with E-state index in [0.717, 1.165) is 10.9 Å². The minimum absolute atomic E-state index is 0.316. The van der Waals surface area contributed by atoms with Crippen molar-refractivity contribution in [3.05, 3.63) is 35.0 Å². The second kappa shape index (κ2) is 5.07. The lowest BCUT2D eigenvalue weighted by Gasteiger charge is -2.21. The average molecular weight is 307 g/mol. The molecular formula is C15H15ClN2O3. The van der Waals surface area contributed by atoms with E-state index in [9.17, 15) is 14.7 Å². The molecule has 6 heteroatoms. The molecule has 1 aromatic carbocycles. The van der Waals surface area contributed by atoms with Gasteiger partial charge in [0.25, 0.3) is 5.91 Å². The Hall–Kier alpha value is -2.01. The number of carboxylic acids is 1. The molecule has 2 aromatic rings. The molecule has 0 unspecified atom stereocenters. The molecule has 0 radical (unpaired) electrons. The Bertz CT molecular complexity index is 699. The summed E-state index contributed by atoms with van der Waals surface area (Å²) in [5, 5.41) is 10.4. The molecule has 1 amide bonds. The summed E-state index contributed by atoms with van der Waals surface area (Å²) in [6.07, 6.45) is 1.19. The summed E-state index contributed by atoms with van der Waals surface area (Å²) in [6.45, 7) is 0.452. The number of rotatable bonds is 2. The standard InChI is InChI=1S/C15H15ClN2O3/c1-17-10-6-3-2-5-9(10)12(16)13(17)14(19)18-8-4-7-11(18)15(20)21/h2-3,5-6,11H,4,7-8H2,1H3,(H,20,21)/t11-/m1/s1. The molecule has 1 aromatic heterocycles. The molecule has 1 N–H and O–H groups in total. The molecule has 110 valence electrons. The predicted octanol–water partition coefficient (Wildman–Crippen LogP) is 2.52. The van der Waals surface area contributed by atoms with Gasteiger partial charge in [0.2, 0.25) is 0 Å². The Balaban J connectivity index is 2.08. The van der Waals surface area contributed by atoms with Crippen LogP contribution in [-0.2, 0) is 11.8 Å². The third-order valence-electron chi connectivity index (χ3n) is 4.05. The van der Waals surface area contributed by atoms with Gasteiger partial charge in [0.15, 0.2) is 0 Å². The van der Waals surface area contributed by atoms with Gasteiger partial charge in [-0.15, -0.1) is 0 Å². The van der Waals surface area contributed by atoms with Crippen molar-refractivity contribution in [2.75, 3.05) is 6.54 Å². The first kappa shape index (κ1) is 13.9. The van der Waals surface area contributed by atoms with Gasteiger partial charge >= 0.3 is 5.97 Å². The van der Waals surface area contributed by atoms with Crippen molar-refractivity contribution in [1.29, 1.82) is 0 Å². The van der Waals surface area contributed by atoms with Crippen LogP contribution in [0.5, 0.6) is 0 Å². The zero-order valence-electron chi connectivity index (χ0n) is 11.5. The fraction of sp³-hybridized carbons (Fsp3) is 0.333. The molecule has 1 saturated heterocycles. The third-order valence-corrected chi connectivity index (χ3v) is 4.43. The lowest BCUT2D eigenvalue weighted by Crippen LogP contribution is -2.41. The zero-order valence-corrected chi connectivity index (χ0v) is 12.3. The van der Waals surface area contributed by atoms with Gasteiger partial charge < -0.3 is 14.6 Å². The predicted molar refractivity (Wildman–Crippen MR) is 79.6 cm³/mol. The van der Waals surface area contributed by atoms with Gasteiger partial charge in [-0.3, -0.25) is 4.79 Å². The van der Waals surface area contributed by atoms with Crippen LogP contribution in [0.15, 0.2) is 24.3 Å². The van der Waals surface area contributed by atoms with Crippen molar-refractivity contribution in [3.8, 4) is 0 Å². The number of fused-ring (bicyclic) bond motifs is 1. The van der Waals surface area contributed by atoms with E-state index in [0.29, 0.717) is 30.1 Å². The summed E-state index contributed by atoms with van der Waals surface area (Å²) in [5.41, 5.74) is 1.21. The quantitative estimate of drug-likeness (QED) is 0.927. The van der Waals surface area contributed by atoms with E-state index >= 15 is 0 Å². The van der Waals surface area contributed by atoms with E-state index in [1.807, 2.05) is 24.3 Å². The van der Waals surface area contributed by atoms with Crippen LogP contribution in [0.25, 0.3) is 10.9 Å². The number of hydrogen-bond acceptors (Lipinski definition) is 2. The molecule has 0 saturated carbocycles. The van der Waals surface area contributed by atoms with Gasteiger partial charge in [-0.05, 0) is 18.9 Å². The average Bonchev–Trinajstić information content (AvgIpc) is 3.04. The minimum atomic E-state index is -0.962. The number of amides is 1. The number of aliphatic carboxylic acids is 1. The Morgan fingerprint density at radius 2 is 2.05 bits per heavy atom. The molecule has 3 rings (SSSR count). The largest absolute Gasteiger partial charge is 0.480 e. The SMILES string of the molecule is Cn1c(C(=O)N2CCC[C@@H]2C(=O)O)c(Cl)c2ccccc21. The summed E-state index contributed by atoms with van der Waals surface area (Å²) in [7, 11) is 1.77. The minimum Gasteiger partial charge on any atom is -0.480 e. The number of aromatic nitrogens is 1. The smallest absolute Gasteiger partial charge is 0.326 e. The van der Waals surface area contributed by atoms with E-state index < -0.39 is 12.0 Å². The van der Waals surface area contributed by atoms with E-state index in [1.54, 1.807) is 11.6 Å². The molecule has 1 atom stereocenters. The summed E-state index contributed by atoms with van der Waals surface area (Å²) in [4.78, 5) is 25.4. The van der Waals surface area contributed by atoms with Gasteiger partial charge in [-0.25, -0.2) is 4.79 Å². The van der Waals surface area contributed by atoms with Crippen molar-refractivity contribution < 1.29 is 14.7 Å². The lowest BCUT2D eigenvalue weighted by molar-refractivity contribution is -0.141. The first-order valence-electron chi connectivity index (χ1n) is 6.79. The highest BCUT2D eigenvalue weighted by Gasteiger charge is 2.36. The second-order valence-electron chi connectivity index (χ2n) is 5.23. The fourth-order valence-electron chi connectivity index (χ4n) is 2.99. The van der Waals surface area contributed by atoms with Crippen LogP contribution < -0.4 is 0 Å². The highest BCUT2D eigenvalue weighted by Crippen LogP contribution is 2.32. The van der Waals surface area contributed by atoms with Crippen LogP contribution in [-0.4, -0.2) is 39.0 Å². The Kier molecular flexibility index (Phi) is 3.37. The van der Waals surface area contributed by atoms with Crippen LogP contribution in [0.3, 0.4) is 0 Å². The number of likely N-dealkylation sites (tertiary alicyclic amines) is 1. The molecule has 5 nitrogen and oxygen atoms in total. The summed E-state index contributed by atoms with van der Waals surface area (Å²) >= 11 is 6.35. The molecule has 21 heavy (non-hydrogen) atoms. The topological polar surface area (TPSA) is 62.5 Å². The van der Waals surface area contributed by atoms with Gasteiger partial charge in [-0.2, -0.15) is 0 Å². The lowest BCUT2D eigenvalue weighted by atomic mass is 10.2. The van der Waals surface area contributed by atoms with Crippen molar-refractivity contribution in [2.45, 2.75) is 18.9 Å².